The van der Waals surface area contributed by atoms with Gasteiger partial charge < -0.3 is 5.11 Å². The Morgan fingerprint density at radius 3 is 2.82 bits per heavy atom. The Balaban J connectivity index is 2.31. The molecule has 1 N–H and O–H groups in total. The molecule has 1 unspecified atom stereocenters. The first-order valence-corrected chi connectivity index (χ1v) is 6.16. The molecule has 0 spiro atoms. The van der Waals surface area contributed by atoms with Crippen molar-refractivity contribution in [1.29, 1.82) is 0 Å². The predicted molar refractivity (Wildman–Crippen MR) is 64.8 cm³/mol. The highest BCUT2D eigenvalue weighted by Gasteiger charge is 2.25. The van der Waals surface area contributed by atoms with Gasteiger partial charge in [-0.2, -0.15) is 0 Å². The van der Waals surface area contributed by atoms with Crippen LogP contribution in [0, 0.1) is 5.92 Å². The summed E-state index contributed by atoms with van der Waals surface area (Å²) < 4.78 is 1.42. The van der Waals surface area contributed by atoms with E-state index in [1.165, 1.54) is 4.68 Å². The summed E-state index contributed by atoms with van der Waals surface area (Å²) >= 11 is 1.55. The van der Waals surface area contributed by atoms with Crippen molar-refractivity contribution in [2.45, 2.75) is 19.9 Å². The van der Waals surface area contributed by atoms with E-state index < -0.39 is 12.0 Å². The Bertz CT molecular complexity index is 505. The van der Waals surface area contributed by atoms with E-state index in [-0.39, 0.29) is 5.92 Å². The van der Waals surface area contributed by atoms with Crippen molar-refractivity contribution in [1.82, 2.24) is 15.0 Å². The lowest BCUT2D eigenvalue weighted by Gasteiger charge is -2.15. The highest BCUT2D eigenvalue weighted by atomic mass is 32.1. The van der Waals surface area contributed by atoms with Crippen LogP contribution in [-0.4, -0.2) is 26.1 Å². The third-order valence-electron chi connectivity index (χ3n) is 2.45. The molecule has 6 heteroatoms. The van der Waals surface area contributed by atoms with Gasteiger partial charge in [-0.25, -0.2) is 9.48 Å². The molecule has 5 nitrogen and oxygen atoms in total. The monoisotopic (exact) mass is 251 g/mol. The molecular formula is C11H13N3O2S. The summed E-state index contributed by atoms with van der Waals surface area (Å²) in [5.74, 6) is -0.923. The number of hydrogen-bond donors (Lipinski definition) is 1. The molecule has 0 aliphatic heterocycles. The number of carboxylic acids is 1. The maximum Gasteiger partial charge on any atom is 0.328 e. The van der Waals surface area contributed by atoms with Gasteiger partial charge in [0.25, 0.3) is 0 Å². The van der Waals surface area contributed by atoms with E-state index in [1.54, 1.807) is 17.5 Å². The van der Waals surface area contributed by atoms with Gasteiger partial charge in [0.2, 0.25) is 0 Å². The average Bonchev–Trinajstić information content (AvgIpc) is 2.83. The number of aromatic nitrogens is 3. The van der Waals surface area contributed by atoms with Crippen LogP contribution < -0.4 is 0 Å². The minimum atomic E-state index is -0.886. The summed E-state index contributed by atoms with van der Waals surface area (Å²) in [5.41, 5.74) is 0.715. The Hall–Kier alpha value is -1.69. The lowest BCUT2D eigenvalue weighted by Crippen LogP contribution is -2.24. The molecule has 0 fully saturated rings. The second-order valence-corrected chi connectivity index (χ2v) is 5.04. The number of carboxylic acid groups (broad SMARTS) is 1. The van der Waals surface area contributed by atoms with E-state index in [1.807, 2.05) is 31.4 Å². The molecule has 0 amide bonds. The van der Waals surface area contributed by atoms with E-state index in [2.05, 4.69) is 10.3 Å². The summed E-state index contributed by atoms with van der Waals surface area (Å²) in [5, 5.41) is 19.0. The Labute approximate surface area is 103 Å². The van der Waals surface area contributed by atoms with E-state index in [0.29, 0.717) is 5.69 Å². The van der Waals surface area contributed by atoms with Crippen LogP contribution in [0.15, 0.2) is 23.7 Å². The van der Waals surface area contributed by atoms with E-state index >= 15 is 0 Å². The quantitative estimate of drug-likeness (QED) is 0.905. The smallest absolute Gasteiger partial charge is 0.328 e. The van der Waals surface area contributed by atoms with Gasteiger partial charge >= 0.3 is 5.97 Å². The largest absolute Gasteiger partial charge is 0.480 e. The normalized spacial score (nSPS) is 12.9. The number of nitrogens with zero attached hydrogens (tertiary/aromatic N) is 3. The van der Waals surface area contributed by atoms with Gasteiger partial charge in [0.15, 0.2) is 6.04 Å². The molecule has 0 saturated heterocycles. The highest BCUT2D eigenvalue weighted by molar-refractivity contribution is 7.13. The van der Waals surface area contributed by atoms with Crippen LogP contribution in [0.5, 0.6) is 0 Å². The molecule has 0 saturated carbocycles. The van der Waals surface area contributed by atoms with Crippen molar-refractivity contribution in [2.24, 2.45) is 5.92 Å². The number of hydrogen-bond acceptors (Lipinski definition) is 4. The molecule has 0 bridgehead atoms. The highest BCUT2D eigenvalue weighted by Crippen LogP contribution is 2.24. The lowest BCUT2D eigenvalue weighted by atomic mass is 10.1. The van der Waals surface area contributed by atoms with Crippen molar-refractivity contribution in [3.63, 3.8) is 0 Å². The van der Waals surface area contributed by atoms with Crippen LogP contribution >= 0.6 is 11.3 Å². The number of thiophene rings is 1. The van der Waals surface area contributed by atoms with Gasteiger partial charge in [-0.3, -0.25) is 0 Å². The topological polar surface area (TPSA) is 68.0 Å². The molecule has 0 radical (unpaired) electrons. The van der Waals surface area contributed by atoms with E-state index in [4.69, 9.17) is 5.11 Å². The first kappa shape index (κ1) is 11.8. The van der Waals surface area contributed by atoms with Crippen molar-refractivity contribution in [2.75, 3.05) is 0 Å². The molecule has 2 aromatic heterocycles. The second-order valence-electron chi connectivity index (χ2n) is 4.09. The number of carbonyl (C=O) groups is 1. The van der Waals surface area contributed by atoms with Crippen molar-refractivity contribution >= 4 is 17.3 Å². The maximum absolute atomic E-state index is 11.2. The zero-order valence-electron chi connectivity index (χ0n) is 9.57. The van der Waals surface area contributed by atoms with Gasteiger partial charge in [0.1, 0.15) is 5.69 Å². The van der Waals surface area contributed by atoms with E-state index in [0.717, 1.165) is 4.88 Å². The molecule has 2 rings (SSSR count). The molecule has 90 valence electrons. The SMILES string of the molecule is CC(C)C(C(=O)O)n1cc(-c2cccs2)nn1. The third kappa shape index (κ3) is 2.36. The van der Waals surface area contributed by atoms with Crippen LogP contribution in [0.2, 0.25) is 0 Å². The second kappa shape index (κ2) is 4.67. The predicted octanol–water partition coefficient (Wildman–Crippen LogP) is 2.29. The van der Waals surface area contributed by atoms with Crippen LogP contribution in [0.1, 0.15) is 19.9 Å². The molecule has 0 aromatic carbocycles. The number of aliphatic carboxylic acids is 1. The Kier molecular flexibility index (Phi) is 3.23. The molecule has 0 aliphatic rings. The van der Waals surface area contributed by atoms with Crippen molar-refractivity contribution in [3.05, 3.63) is 23.7 Å². The summed E-state index contributed by atoms with van der Waals surface area (Å²) in [6.45, 7) is 3.70. The molecule has 2 heterocycles. The first-order chi connectivity index (χ1) is 8.09. The third-order valence-corrected chi connectivity index (χ3v) is 3.35. The minimum absolute atomic E-state index is 0.0367. The van der Waals surface area contributed by atoms with Crippen LogP contribution in [0.3, 0.4) is 0 Å². The maximum atomic E-state index is 11.2. The van der Waals surface area contributed by atoms with Gasteiger partial charge in [0.05, 0.1) is 11.1 Å². The fraction of sp³-hybridized carbons (Fsp3) is 0.364. The van der Waals surface area contributed by atoms with Crippen molar-refractivity contribution in [3.8, 4) is 10.6 Å². The fourth-order valence-corrected chi connectivity index (χ4v) is 2.33. The average molecular weight is 251 g/mol. The molecular weight excluding hydrogens is 238 g/mol. The van der Waals surface area contributed by atoms with Crippen molar-refractivity contribution < 1.29 is 9.90 Å². The van der Waals surface area contributed by atoms with Crippen LogP contribution in [-0.2, 0) is 4.79 Å². The summed E-state index contributed by atoms with van der Waals surface area (Å²) in [7, 11) is 0. The standard InChI is InChI=1S/C11H13N3O2S/c1-7(2)10(11(15)16)14-6-8(12-13-14)9-4-3-5-17-9/h3-7,10H,1-2H3,(H,15,16). The Morgan fingerprint density at radius 1 is 1.53 bits per heavy atom. The zero-order chi connectivity index (χ0) is 12.4. The van der Waals surface area contributed by atoms with Gasteiger partial charge in [-0.1, -0.05) is 25.1 Å². The lowest BCUT2D eigenvalue weighted by molar-refractivity contribution is -0.142. The molecule has 0 aliphatic carbocycles. The first-order valence-electron chi connectivity index (χ1n) is 5.28. The van der Waals surface area contributed by atoms with Gasteiger partial charge in [0, 0.05) is 0 Å². The van der Waals surface area contributed by atoms with E-state index in [9.17, 15) is 4.79 Å². The zero-order valence-corrected chi connectivity index (χ0v) is 10.4. The van der Waals surface area contributed by atoms with Crippen LogP contribution in [0.25, 0.3) is 10.6 Å². The molecule has 17 heavy (non-hydrogen) atoms. The Morgan fingerprint density at radius 2 is 2.29 bits per heavy atom. The fourth-order valence-electron chi connectivity index (χ4n) is 1.65. The molecule has 2 aromatic rings. The van der Waals surface area contributed by atoms with Crippen LogP contribution in [0.4, 0.5) is 0 Å². The summed E-state index contributed by atoms with van der Waals surface area (Å²) in [6, 6.07) is 3.19. The summed E-state index contributed by atoms with van der Waals surface area (Å²) in [4.78, 5) is 12.1. The summed E-state index contributed by atoms with van der Waals surface area (Å²) in [6.07, 6.45) is 1.69. The molecule has 1 atom stereocenters. The minimum Gasteiger partial charge on any atom is -0.480 e. The van der Waals surface area contributed by atoms with Gasteiger partial charge in [-0.05, 0) is 17.4 Å². The number of rotatable bonds is 4. The van der Waals surface area contributed by atoms with Gasteiger partial charge in [-0.15, -0.1) is 16.4 Å².